The Bertz CT molecular complexity index is 107. The van der Waals surface area contributed by atoms with Crippen molar-refractivity contribution in [1.29, 1.82) is 0 Å². The molecule has 0 aliphatic heterocycles. The molecule has 0 nitrogen and oxygen atoms in total. The fraction of sp³-hybridized carbons (Fsp3) is 1.00. The average Bonchev–Trinajstić information content (AvgIpc) is 2.31. The van der Waals surface area contributed by atoms with Crippen LogP contribution in [0.1, 0.15) is 19.3 Å². The number of hydrogen-bond acceptors (Lipinski definition) is 5. The first-order valence-corrected chi connectivity index (χ1v) is 10.6. The summed E-state index contributed by atoms with van der Waals surface area (Å²) in [6.45, 7) is 0. The van der Waals surface area contributed by atoms with Crippen LogP contribution in [0.5, 0.6) is 0 Å². The lowest BCUT2D eigenvalue weighted by Gasteiger charge is -2.02. The van der Waals surface area contributed by atoms with Gasteiger partial charge in [-0.2, -0.15) is 60.5 Å². The lowest BCUT2D eigenvalue weighted by Crippen LogP contribution is -1.91. The molecule has 0 bridgehead atoms. The van der Waals surface area contributed by atoms with Crippen LogP contribution in [0.4, 0.5) is 0 Å². The third-order valence-electron chi connectivity index (χ3n) is 1.84. The molecular weight excluding hydrogens is 292 g/mol. The van der Waals surface area contributed by atoms with Gasteiger partial charge in [-0.25, -0.2) is 0 Å². The SMILES string of the molecule is SCCCSCCCSCCCSCCS. The van der Waals surface area contributed by atoms with Crippen LogP contribution in [0.2, 0.25) is 0 Å². The van der Waals surface area contributed by atoms with Crippen molar-refractivity contribution in [2.75, 3.05) is 46.0 Å². The minimum Gasteiger partial charge on any atom is -0.179 e. The predicted octanol–water partition coefficient (Wildman–Crippen LogP) is 4.22. The normalized spacial score (nSPS) is 10.9. The van der Waals surface area contributed by atoms with E-state index < -0.39 is 0 Å². The second-order valence-electron chi connectivity index (χ2n) is 3.34. The number of rotatable bonds is 13. The second kappa shape index (κ2) is 16.8. The molecule has 0 aromatic heterocycles. The van der Waals surface area contributed by atoms with Crippen molar-refractivity contribution in [3.05, 3.63) is 0 Å². The highest BCUT2D eigenvalue weighted by molar-refractivity contribution is 8.00. The van der Waals surface area contributed by atoms with E-state index in [-0.39, 0.29) is 0 Å². The Labute approximate surface area is 125 Å². The van der Waals surface area contributed by atoms with E-state index in [2.05, 4.69) is 48.8 Å². The molecule has 0 aliphatic rings. The zero-order valence-corrected chi connectivity index (χ0v) is 14.1. The Morgan fingerprint density at radius 2 is 0.938 bits per heavy atom. The monoisotopic (exact) mass is 316 g/mol. The van der Waals surface area contributed by atoms with E-state index in [4.69, 9.17) is 0 Å². The standard InChI is InChI=1S/C11H24S5/c12-4-1-6-14-7-2-8-15-9-3-10-16-11-5-13/h12-13H,1-11H2. The van der Waals surface area contributed by atoms with Gasteiger partial charge in [-0.15, -0.1) is 0 Å². The molecule has 0 rings (SSSR count). The number of thioether (sulfide) groups is 3. The van der Waals surface area contributed by atoms with Crippen molar-refractivity contribution >= 4 is 60.5 Å². The summed E-state index contributed by atoms with van der Waals surface area (Å²) in [7, 11) is 0. The maximum atomic E-state index is 4.20. The van der Waals surface area contributed by atoms with E-state index in [0.29, 0.717) is 0 Å². The molecule has 0 aliphatic carbocycles. The van der Waals surface area contributed by atoms with Crippen LogP contribution in [0.15, 0.2) is 0 Å². The van der Waals surface area contributed by atoms with Crippen LogP contribution >= 0.6 is 60.5 Å². The number of thiol groups is 2. The lowest BCUT2D eigenvalue weighted by atomic mass is 10.6. The third kappa shape index (κ3) is 15.8. The molecule has 16 heavy (non-hydrogen) atoms. The topological polar surface area (TPSA) is 0 Å². The molecule has 0 amide bonds. The summed E-state index contributed by atoms with van der Waals surface area (Å²) in [6.07, 6.45) is 3.98. The van der Waals surface area contributed by atoms with Crippen molar-refractivity contribution < 1.29 is 0 Å². The molecule has 0 unspecified atom stereocenters. The highest BCUT2D eigenvalue weighted by Crippen LogP contribution is 2.12. The Morgan fingerprint density at radius 3 is 1.38 bits per heavy atom. The average molecular weight is 317 g/mol. The molecule has 0 saturated heterocycles. The van der Waals surface area contributed by atoms with Crippen LogP contribution in [0.3, 0.4) is 0 Å². The van der Waals surface area contributed by atoms with E-state index in [1.807, 2.05) is 11.8 Å². The van der Waals surface area contributed by atoms with E-state index in [1.54, 1.807) is 0 Å². The minimum absolute atomic E-state index is 1.02. The lowest BCUT2D eigenvalue weighted by molar-refractivity contribution is 1.08. The zero-order valence-electron chi connectivity index (χ0n) is 9.90. The van der Waals surface area contributed by atoms with Gasteiger partial charge < -0.3 is 0 Å². The summed E-state index contributed by atoms with van der Waals surface area (Å²) in [5, 5.41) is 0. The van der Waals surface area contributed by atoms with E-state index in [0.717, 1.165) is 11.5 Å². The van der Waals surface area contributed by atoms with Gasteiger partial charge in [0.25, 0.3) is 0 Å². The van der Waals surface area contributed by atoms with Gasteiger partial charge >= 0.3 is 0 Å². The molecule has 0 saturated carbocycles. The molecule has 98 valence electrons. The van der Waals surface area contributed by atoms with Crippen molar-refractivity contribution in [3.8, 4) is 0 Å². The van der Waals surface area contributed by atoms with Gasteiger partial charge in [0.05, 0.1) is 0 Å². The van der Waals surface area contributed by atoms with Gasteiger partial charge in [0, 0.05) is 5.75 Å². The van der Waals surface area contributed by atoms with Crippen molar-refractivity contribution in [3.63, 3.8) is 0 Å². The Morgan fingerprint density at radius 1 is 0.500 bits per heavy atom. The molecule has 0 aromatic rings. The molecule has 0 heterocycles. The molecule has 0 aromatic carbocycles. The summed E-state index contributed by atoms with van der Waals surface area (Å²) < 4.78 is 0. The fourth-order valence-electron chi connectivity index (χ4n) is 1.06. The van der Waals surface area contributed by atoms with Crippen LogP contribution in [-0.2, 0) is 0 Å². The van der Waals surface area contributed by atoms with E-state index in [9.17, 15) is 0 Å². The maximum Gasteiger partial charge on any atom is 0.00210 e. The quantitative estimate of drug-likeness (QED) is 0.386. The molecule has 0 fully saturated rings. The molecular formula is C11H24S5. The molecule has 0 spiro atoms. The van der Waals surface area contributed by atoms with Gasteiger partial charge in [0.1, 0.15) is 0 Å². The van der Waals surface area contributed by atoms with Crippen LogP contribution in [0.25, 0.3) is 0 Å². The first kappa shape index (κ1) is 17.8. The fourth-order valence-corrected chi connectivity index (χ4v) is 4.67. The molecule has 5 heteroatoms. The van der Waals surface area contributed by atoms with Crippen LogP contribution in [-0.4, -0.2) is 46.0 Å². The van der Waals surface area contributed by atoms with Crippen molar-refractivity contribution in [1.82, 2.24) is 0 Å². The summed E-state index contributed by atoms with van der Waals surface area (Å²) in [6, 6.07) is 0. The number of hydrogen-bond donors (Lipinski definition) is 2. The van der Waals surface area contributed by atoms with Gasteiger partial charge in [0.2, 0.25) is 0 Å². The first-order valence-electron chi connectivity index (χ1n) is 5.86. The largest absolute Gasteiger partial charge is 0.179 e. The Balaban J connectivity index is 2.83. The third-order valence-corrected chi connectivity index (χ3v) is 6.06. The summed E-state index contributed by atoms with van der Waals surface area (Å²) in [5.41, 5.74) is 0. The van der Waals surface area contributed by atoms with Crippen LogP contribution in [0, 0.1) is 0 Å². The predicted molar refractivity (Wildman–Crippen MR) is 93.5 cm³/mol. The summed E-state index contributed by atoms with van der Waals surface area (Å²) in [5.74, 6) is 9.85. The minimum atomic E-state index is 1.02. The van der Waals surface area contributed by atoms with Gasteiger partial charge in [0.15, 0.2) is 0 Å². The van der Waals surface area contributed by atoms with Gasteiger partial charge in [-0.3, -0.25) is 0 Å². The van der Waals surface area contributed by atoms with Gasteiger partial charge in [-0.1, -0.05) is 0 Å². The van der Waals surface area contributed by atoms with Crippen molar-refractivity contribution in [2.24, 2.45) is 0 Å². The summed E-state index contributed by atoms with van der Waals surface area (Å²) >= 11 is 14.6. The summed E-state index contributed by atoms with van der Waals surface area (Å²) in [4.78, 5) is 0. The van der Waals surface area contributed by atoms with E-state index >= 15 is 0 Å². The highest BCUT2D eigenvalue weighted by Gasteiger charge is 1.93. The zero-order chi connectivity index (χ0) is 11.9. The van der Waals surface area contributed by atoms with Crippen LogP contribution < -0.4 is 0 Å². The van der Waals surface area contributed by atoms with Crippen molar-refractivity contribution in [2.45, 2.75) is 19.3 Å². The molecule has 0 radical (unpaired) electrons. The second-order valence-corrected chi connectivity index (χ2v) is 7.91. The molecule has 0 N–H and O–H groups in total. The van der Waals surface area contributed by atoms with E-state index in [1.165, 1.54) is 53.8 Å². The Hall–Kier alpha value is 1.75. The first-order chi connectivity index (χ1) is 7.91. The highest BCUT2D eigenvalue weighted by atomic mass is 32.2. The maximum absolute atomic E-state index is 4.20. The molecule has 0 atom stereocenters. The van der Waals surface area contributed by atoms with Gasteiger partial charge in [-0.05, 0) is 59.5 Å². The smallest absolute Gasteiger partial charge is 0.00210 e. The Kier molecular flexibility index (Phi) is 18.6.